The van der Waals surface area contributed by atoms with E-state index in [0.717, 1.165) is 41.8 Å². The highest BCUT2D eigenvalue weighted by atomic mass is 16.2. The number of carbonyl (C=O) groups excluding carboxylic acids is 1. The largest absolute Gasteiger partial charge is 0.352 e. The number of benzene rings is 2. The average molecular weight is 362 g/mol. The predicted molar refractivity (Wildman–Crippen MR) is 107 cm³/mol. The number of aryl methyl sites for hydroxylation is 1. The molecule has 4 rings (SSSR count). The van der Waals surface area contributed by atoms with Crippen LogP contribution in [-0.2, 0) is 17.9 Å². The van der Waals surface area contributed by atoms with Gasteiger partial charge in [0, 0.05) is 12.6 Å². The van der Waals surface area contributed by atoms with Crippen LogP contribution in [0.5, 0.6) is 0 Å². The number of imidazole rings is 1. The average Bonchev–Trinajstić information content (AvgIpc) is 3.41. The number of nitrogens with one attached hydrogen (secondary N) is 1. The maximum absolute atomic E-state index is 13.0. The number of fused-ring (bicyclic) bond motifs is 1. The summed E-state index contributed by atoms with van der Waals surface area (Å²) in [5, 5.41) is 3.17. The van der Waals surface area contributed by atoms with Crippen LogP contribution in [0.2, 0.25) is 0 Å². The van der Waals surface area contributed by atoms with Gasteiger partial charge in [-0.05, 0) is 44.5 Å². The molecule has 1 aliphatic carbocycles. The minimum Gasteiger partial charge on any atom is -0.352 e. The fourth-order valence-electron chi connectivity index (χ4n) is 3.66. The molecular formula is C22H26N4O. The van der Waals surface area contributed by atoms with Gasteiger partial charge in [-0.2, -0.15) is 0 Å². The zero-order valence-corrected chi connectivity index (χ0v) is 15.9. The van der Waals surface area contributed by atoms with Crippen LogP contribution < -0.4 is 5.32 Å². The van der Waals surface area contributed by atoms with Gasteiger partial charge in [-0.3, -0.25) is 9.69 Å². The van der Waals surface area contributed by atoms with E-state index in [2.05, 4.69) is 27.8 Å². The summed E-state index contributed by atoms with van der Waals surface area (Å²) in [6, 6.07) is 18.2. The molecule has 1 N–H and O–H groups in total. The van der Waals surface area contributed by atoms with Gasteiger partial charge in [0.1, 0.15) is 11.9 Å². The highest BCUT2D eigenvalue weighted by Crippen LogP contribution is 2.26. The molecular weight excluding hydrogens is 336 g/mol. The molecule has 1 heterocycles. The van der Waals surface area contributed by atoms with E-state index >= 15 is 0 Å². The number of hydrogen-bond acceptors (Lipinski definition) is 3. The third-order valence-corrected chi connectivity index (χ3v) is 5.17. The van der Waals surface area contributed by atoms with Gasteiger partial charge in [-0.1, -0.05) is 42.5 Å². The molecule has 0 radical (unpaired) electrons. The van der Waals surface area contributed by atoms with Crippen LogP contribution in [0.15, 0.2) is 54.6 Å². The molecule has 140 valence electrons. The first-order chi connectivity index (χ1) is 13.2. The molecule has 0 saturated heterocycles. The molecule has 1 aromatic heterocycles. The van der Waals surface area contributed by atoms with Crippen molar-refractivity contribution in [3.8, 4) is 0 Å². The quantitative estimate of drug-likeness (QED) is 0.700. The van der Waals surface area contributed by atoms with Crippen molar-refractivity contribution in [3.63, 3.8) is 0 Å². The second kappa shape index (κ2) is 7.53. The van der Waals surface area contributed by atoms with E-state index in [1.165, 1.54) is 0 Å². The number of hydrogen-bond donors (Lipinski definition) is 1. The van der Waals surface area contributed by atoms with Crippen molar-refractivity contribution in [2.45, 2.75) is 44.9 Å². The maximum Gasteiger partial charge on any atom is 0.242 e. The van der Waals surface area contributed by atoms with Crippen LogP contribution in [0.1, 0.15) is 37.2 Å². The second-order valence-corrected chi connectivity index (χ2v) is 7.27. The number of para-hydroxylation sites is 2. The van der Waals surface area contributed by atoms with Gasteiger partial charge >= 0.3 is 0 Å². The zero-order chi connectivity index (χ0) is 18.8. The molecule has 27 heavy (non-hydrogen) atoms. The van der Waals surface area contributed by atoms with Gasteiger partial charge in [0.25, 0.3) is 0 Å². The van der Waals surface area contributed by atoms with E-state index in [0.29, 0.717) is 12.6 Å². The van der Waals surface area contributed by atoms with Gasteiger partial charge in [0.2, 0.25) is 5.91 Å². The van der Waals surface area contributed by atoms with Crippen molar-refractivity contribution in [1.29, 1.82) is 0 Å². The van der Waals surface area contributed by atoms with Crippen molar-refractivity contribution in [2.24, 2.45) is 0 Å². The van der Waals surface area contributed by atoms with Crippen molar-refractivity contribution >= 4 is 16.9 Å². The lowest BCUT2D eigenvalue weighted by Crippen LogP contribution is -2.39. The minimum atomic E-state index is -0.322. The number of amides is 1. The van der Waals surface area contributed by atoms with E-state index in [4.69, 9.17) is 4.98 Å². The van der Waals surface area contributed by atoms with Gasteiger partial charge in [0.05, 0.1) is 17.6 Å². The van der Waals surface area contributed by atoms with Gasteiger partial charge in [-0.15, -0.1) is 0 Å². The first kappa shape index (κ1) is 17.7. The first-order valence-corrected chi connectivity index (χ1v) is 9.67. The van der Waals surface area contributed by atoms with Gasteiger partial charge in [-0.25, -0.2) is 4.98 Å². The van der Waals surface area contributed by atoms with E-state index in [1.54, 1.807) is 0 Å². The number of rotatable bonds is 7. The Labute approximate surface area is 160 Å². The number of aromatic nitrogens is 2. The van der Waals surface area contributed by atoms with Crippen LogP contribution in [-0.4, -0.2) is 33.4 Å². The molecule has 1 amide bonds. The fraction of sp³-hybridized carbons (Fsp3) is 0.364. The monoisotopic (exact) mass is 362 g/mol. The Bertz CT molecular complexity index is 930. The van der Waals surface area contributed by atoms with Crippen LogP contribution >= 0.6 is 0 Å². The maximum atomic E-state index is 13.0. The molecule has 5 nitrogen and oxygen atoms in total. The zero-order valence-electron chi connectivity index (χ0n) is 15.9. The molecule has 0 bridgehead atoms. The van der Waals surface area contributed by atoms with Gasteiger partial charge in [0.15, 0.2) is 0 Å². The third kappa shape index (κ3) is 3.74. The Morgan fingerprint density at radius 1 is 1.19 bits per heavy atom. The number of nitrogens with zero attached hydrogens (tertiary/aromatic N) is 3. The molecule has 1 saturated carbocycles. The Hall–Kier alpha value is -2.66. The van der Waals surface area contributed by atoms with E-state index in [-0.39, 0.29) is 11.9 Å². The van der Waals surface area contributed by atoms with Crippen molar-refractivity contribution in [1.82, 2.24) is 19.8 Å². The van der Waals surface area contributed by atoms with E-state index < -0.39 is 0 Å². The molecule has 0 spiro atoms. The second-order valence-electron chi connectivity index (χ2n) is 7.27. The highest BCUT2D eigenvalue weighted by molar-refractivity contribution is 5.83. The topological polar surface area (TPSA) is 50.2 Å². The molecule has 1 unspecified atom stereocenters. The van der Waals surface area contributed by atoms with Crippen molar-refractivity contribution < 1.29 is 4.79 Å². The first-order valence-electron chi connectivity index (χ1n) is 9.67. The highest BCUT2D eigenvalue weighted by Gasteiger charge is 2.31. The van der Waals surface area contributed by atoms with Gasteiger partial charge < -0.3 is 9.88 Å². The number of likely N-dealkylation sites (N-methyl/N-ethyl adjacent to an activating group) is 1. The lowest BCUT2D eigenvalue weighted by molar-refractivity contribution is -0.126. The van der Waals surface area contributed by atoms with Crippen molar-refractivity contribution in [3.05, 3.63) is 66.0 Å². The van der Waals surface area contributed by atoms with E-state index in [1.807, 2.05) is 55.6 Å². The van der Waals surface area contributed by atoms with Crippen LogP contribution in [0.4, 0.5) is 0 Å². The van der Waals surface area contributed by atoms with Crippen LogP contribution in [0.3, 0.4) is 0 Å². The molecule has 0 aliphatic heterocycles. The van der Waals surface area contributed by atoms with Crippen molar-refractivity contribution in [2.75, 3.05) is 7.05 Å². The summed E-state index contributed by atoms with van der Waals surface area (Å²) in [7, 11) is 2.00. The Balaban J connectivity index is 1.63. The SMILES string of the molecule is CCn1c(CN(C)C(C(=O)NC2CC2)c2ccccc2)nc2ccccc21. The van der Waals surface area contributed by atoms with Crippen LogP contribution in [0, 0.1) is 0 Å². The lowest BCUT2D eigenvalue weighted by Gasteiger charge is -2.27. The fourth-order valence-corrected chi connectivity index (χ4v) is 3.66. The standard InChI is InChI=1S/C22H26N4O/c1-3-26-19-12-8-7-11-18(19)24-20(26)15-25(2)21(16-9-5-4-6-10-16)22(27)23-17-13-14-17/h4-12,17,21H,3,13-15H2,1-2H3,(H,23,27). The third-order valence-electron chi connectivity index (χ3n) is 5.17. The Morgan fingerprint density at radius 3 is 2.59 bits per heavy atom. The summed E-state index contributed by atoms with van der Waals surface area (Å²) in [6.45, 7) is 3.60. The lowest BCUT2D eigenvalue weighted by atomic mass is 10.0. The molecule has 2 aromatic carbocycles. The Kier molecular flexibility index (Phi) is 4.94. The predicted octanol–water partition coefficient (Wildman–Crippen LogP) is 3.51. The summed E-state index contributed by atoms with van der Waals surface area (Å²) >= 11 is 0. The summed E-state index contributed by atoms with van der Waals surface area (Å²) in [6.07, 6.45) is 2.17. The Morgan fingerprint density at radius 2 is 1.89 bits per heavy atom. The minimum absolute atomic E-state index is 0.0744. The molecule has 3 aromatic rings. The molecule has 1 atom stereocenters. The number of carbonyl (C=O) groups is 1. The van der Waals surface area contributed by atoms with E-state index in [9.17, 15) is 4.79 Å². The normalized spacial score (nSPS) is 15.2. The summed E-state index contributed by atoms with van der Waals surface area (Å²) in [4.78, 5) is 19.9. The summed E-state index contributed by atoms with van der Waals surface area (Å²) in [5.74, 6) is 1.06. The molecule has 1 aliphatic rings. The van der Waals surface area contributed by atoms with Crippen LogP contribution in [0.25, 0.3) is 11.0 Å². The smallest absolute Gasteiger partial charge is 0.242 e. The molecule has 1 fully saturated rings. The summed E-state index contributed by atoms with van der Waals surface area (Å²) < 4.78 is 2.23. The summed E-state index contributed by atoms with van der Waals surface area (Å²) in [5.41, 5.74) is 3.15. The molecule has 5 heteroatoms.